The molecule has 0 spiro atoms. The van der Waals surface area contributed by atoms with Gasteiger partial charge in [-0.1, -0.05) is 48.6 Å². The van der Waals surface area contributed by atoms with Crippen LogP contribution in [0.5, 0.6) is 0 Å². The highest BCUT2D eigenvalue weighted by Gasteiger charge is 2.19. The van der Waals surface area contributed by atoms with Crippen molar-refractivity contribution in [1.29, 1.82) is 0 Å². The lowest BCUT2D eigenvalue weighted by atomic mass is 9.97. The zero-order chi connectivity index (χ0) is 16.8. The molecule has 24 heavy (non-hydrogen) atoms. The monoisotopic (exact) mass is 346 g/mol. The predicted octanol–water partition coefficient (Wildman–Crippen LogP) is 2.35. The summed E-state index contributed by atoms with van der Waals surface area (Å²) in [4.78, 5) is 14.2. The van der Waals surface area contributed by atoms with Crippen LogP contribution in [0, 0.1) is 0 Å². The lowest BCUT2D eigenvalue weighted by Gasteiger charge is -2.25. The van der Waals surface area contributed by atoms with Gasteiger partial charge in [0.05, 0.1) is 19.8 Å². The van der Waals surface area contributed by atoms with Crippen LogP contribution in [-0.4, -0.2) is 53.9 Å². The van der Waals surface area contributed by atoms with Gasteiger partial charge in [0.15, 0.2) is 0 Å². The van der Waals surface area contributed by atoms with Gasteiger partial charge in [0.1, 0.15) is 5.01 Å². The molecule has 1 atom stereocenters. The molecule has 1 aliphatic heterocycles. The number of rotatable bonds is 6. The van der Waals surface area contributed by atoms with E-state index in [9.17, 15) is 4.79 Å². The van der Waals surface area contributed by atoms with Crippen LogP contribution < -0.4 is 5.32 Å². The first-order valence-electron chi connectivity index (χ1n) is 8.24. The zero-order valence-corrected chi connectivity index (χ0v) is 14.6. The fraction of sp³-hybridized carbons (Fsp3) is 0.471. The number of carbonyl (C=O) groups is 1. The summed E-state index contributed by atoms with van der Waals surface area (Å²) in [6.07, 6.45) is 0.945. The minimum Gasteiger partial charge on any atom is -0.379 e. The van der Waals surface area contributed by atoms with Crippen LogP contribution in [0.4, 0.5) is 5.13 Å². The van der Waals surface area contributed by atoms with E-state index < -0.39 is 0 Å². The fourth-order valence-corrected chi connectivity index (χ4v) is 3.76. The second-order valence-corrected chi connectivity index (χ2v) is 6.76. The fourth-order valence-electron chi connectivity index (χ4n) is 2.79. The van der Waals surface area contributed by atoms with Gasteiger partial charge >= 0.3 is 0 Å². The van der Waals surface area contributed by atoms with Crippen molar-refractivity contribution in [1.82, 2.24) is 15.1 Å². The molecule has 1 aromatic carbocycles. The Bertz CT molecular complexity index is 656. The van der Waals surface area contributed by atoms with Crippen molar-refractivity contribution in [2.75, 3.05) is 38.2 Å². The Morgan fingerprint density at radius 2 is 2.04 bits per heavy atom. The molecule has 7 heteroatoms. The number of nitrogens with one attached hydrogen (secondary N) is 1. The highest BCUT2D eigenvalue weighted by Crippen LogP contribution is 2.31. The van der Waals surface area contributed by atoms with Gasteiger partial charge in [0.25, 0.3) is 0 Å². The molecule has 6 nitrogen and oxygen atoms in total. The van der Waals surface area contributed by atoms with Crippen molar-refractivity contribution in [3.63, 3.8) is 0 Å². The normalized spacial score (nSPS) is 16.7. The predicted molar refractivity (Wildman–Crippen MR) is 94.4 cm³/mol. The molecule has 1 aromatic heterocycles. The van der Waals surface area contributed by atoms with Gasteiger partial charge < -0.3 is 4.74 Å². The summed E-state index contributed by atoms with van der Waals surface area (Å²) in [5, 5.41) is 12.8. The summed E-state index contributed by atoms with van der Waals surface area (Å²) in [5.41, 5.74) is 1.22. The van der Waals surface area contributed by atoms with Crippen LogP contribution in [0.3, 0.4) is 0 Å². The molecule has 2 heterocycles. The smallest absolute Gasteiger partial charge is 0.240 e. The Kier molecular flexibility index (Phi) is 5.90. The third-order valence-electron chi connectivity index (χ3n) is 4.07. The van der Waals surface area contributed by atoms with E-state index in [0.29, 0.717) is 24.9 Å². The van der Waals surface area contributed by atoms with Gasteiger partial charge in [-0.15, -0.1) is 10.2 Å². The van der Waals surface area contributed by atoms with Crippen LogP contribution in [0.1, 0.15) is 29.8 Å². The molecular weight excluding hydrogens is 324 g/mol. The van der Waals surface area contributed by atoms with Crippen LogP contribution in [-0.2, 0) is 9.53 Å². The number of hydrogen-bond acceptors (Lipinski definition) is 6. The maximum Gasteiger partial charge on any atom is 0.240 e. The molecule has 0 bridgehead atoms. The van der Waals surface area contributed by atoms with Gasteiger partial charge in [-0.2, -0.15) is 0 Å². The van der Waals surface area contributed by atoms with E-state index in [1.54, 1.807) is 0 Å². The Balaban J connectivity index is 1.61. The van der Waals surface area contributed by atoms with Crippen molar-refractivity contribution in [2.24, 2.45) is 0 Å². The second kappa shape index (κ2) is 8.32. The van der Waals surface area contributed by atoms with Crippen LogP contribution in [0.15, 0.2) is 30.3 Å². The average Bonchev–Trinajstić information content (AvgIpc) is 3.05. The lowest BCUT2D eigenvalue weighted by molar-refractivity contribution is -0.118. The standard InChI is InChI=1S/C17H22N4O2S/c1-2-14(13-6-4-3-5-7-13)16-19-20-17(24-16)18-15(22)12-21-8-10-23-11-9-21/h3-7,14H,2,8-12H2,1H3,(H,18,20,22)/t14-/m0/s1. The Morgan fingerprint density at radius 1 is 1.29 bits per heavy atom. The first-order valence-corrected chi connectivity index (χ1v) is 9.06. The van der Waals surface area contributed by atoms with Crippen molar-refractivity contribution in [3.05, 3.63) is 40.9 Å². The molecule has 0 unspecified atom stereocenters. The topological polar surface area (TPSA) is 67.4 Å². The quantitative estimate of drug-likeness (QED) is 0.870. The Hall–Kier alpha value is -1.83. The highest BCUT2D eigenvalue weighted by molar-refractivity contribution is 7.15. The van der Waals surface area contributed by atoms with Crippen LogP contribution >= 0.6 is 11.3 Å². The summed E-state index contributed by atoms with van der Waals surface area (Å²) >= 11 is 1.45. The summed E-state index contributed by atoms with van der Waals surface area (Å²) in [5.74, 6) is 0.168. The summed E-state index contributed by atoms with van der Waals surface area (Å²) in [6.45, 7) is 5.46. The molecule has 1 fully saturated rings. The lowest BCUT2D eigenvalue weighted by Crippen LogP contribution is -2.41. The van der Waals surface area contributed by atoms with E-state index in [1.165, 1.54) is 16.9 Å². The van der Waals surface area contributed by atoms with Gasteiger partial charge in [-0.3, -0.25) is 15.0 Å². The second-order valence-electron chi connectivity index (χ2n) is 5.75. The third kappa shape index (κ3) is 4.37. The molecular formula is C17H22N4O2S. The van der Waals surface area contributed by atoms with E-state index in [0.717, 1.165) is 24.5 Å². The van der Waals surface area contributed by atoms with Gasteiger partial charge in [-0.25, -0.2) is 0 Å². The molecule has 0 saturated carbocycles. The van der Waals surface area contributed by atoms with Crippen molar-refractivity contribution in [2.45, 2.75) is 19.3 Å². The SMILES string of the molecule is CC[C@@H](c1ccccc1)c1nnc(NC(=O)CN2CCOCC2)s1. The number of amides is 1. The van der Waals surface area contributed by atoms with E-state index >= 15 is 0 Å². The van der Waals surface area contributed by atoms with Gasteiger partial charge in [0.2, 0.25) is 11.0 Å². The molecule has 3 rings (SSSR count). The first-order chi connectivity index (χ1) is 11.8. The number of hydrogen-bond donors (Lipinski definition) is 1. The van der Waals surface area contributed by atoms with Crippen molar-refractivity contribution in [3.8, 4) is 0 Å². The number of anilines is 1. The minimum absolute atomic E-state index is 0.0487. The van der Waals surface area contributed by atoms with E-state index in [2.05, 4.69) is 39.5 Å². The molecule has 1 amide bonds. The minimum atomic E-state index is -0.0487. The number of carbonyl (C=O) groups excluding carboxylic acids is 1. The third-order valence-corrected chi connectivity index (χ3v) is 5.02. The Morgan fingerprint density at radius 3 is 2.75 bits per heavy atom. The maximum absolute atomic E-state index is 12.1. The number of ether oxygens (including phenoxy) is 1. The Labute approximate surface area is 145 Å². The largest absolute Gasteiger partial charge is 0.379 e. The number of morpholine rings is 1. The first kappa shape index (κ1) is 17.0. The molecule has 1 saturated heterocycles. The highest BCUT2D eigenvalue weighted by atomic mass is 32.1. The zero-order valence-electron chi connectivity index (χ0n) is 13.8. The van der Waals surface area contributed by atoms with E-state index in [-0.39, 0.29) is 11.8 Å². The average molecular weight is 346 g/mol. The number of aromatic nitrogens is 2. The molecule has 0 aliphatic carbocycles. The van der Waals surface area contributed by atoms with Gasteiger partial charge in [0, 0.05) is 19.0 Å². The summed E-state index contributed by atoms with van der Waals surface area (Å²) in [7, 11) is 0. The van der Waals surface area contributed by atoms with Crippen molar-refractivity contribution >= 4 is 22.4 Å². The van der Waals surface area contributed by atoms with E-state index in [4.69, 9.17) is 4.74 Å². The molecule has 1 aliphatic rings. The molecule has 2 aromatic rings. The van der Waals surface area contributed by atoms with Crippen molar-refractivity contribution < 1.29 is 9.53 Å². The number of nitrogens with zero attached hydrogens (tertiary/aromatic N) is 3. The number of benzene rings is 1. The molecule has 0 radical (unpaired) electrons. The maximum atomic E-state index is 12.1. The van der Waals surface area contributed by atoms with Gasteiger partial charge in [-0.05, 0) is 12.0 Å². The molecule has 128 valence electrons. The van der Waals surface area contributed by atoms with Crippen LogP contribution in [0.25, 0.3) is 0 Å². The molecule has 1 N–H and O–H groups in total. The van der Waals surface area contributed by atoms with Crippen LogP contribution in [0.2, 0.25) is 0 Å². The summed E-state index contributed by atoms with van der Waals surface area (Å²) < 4.78 is 5.29. The van der Waals surface area contributed by atoms with E-state index in [1.807, 2.05) is 18.2 Å². The summed E-state index contributed by atoms with van der Waals surface area (Å²) in [6, 6.07) is 10.3.